The molecule has 0 aliphatic rings. The Hall–Kier alpha value is -16.0. The summed E-state index contributed by atoms with van der Waals surface area (Å²) >= 11 is 7.40. The summed E-state index contributed by atoms with van der Waals surface area (Å²) in [7, 11) is 0. The van der Waals surface area contributed by atoms with Crippen LogP contribution in [0.5, 0.6) is 0 Å². The van der Waals surface area contributed by atoms with Crippen molar-refractivity contribution < 1.29 is 0 Å². The number of fused-ring (bicyclic) bond motifs is 20. The van der Waals surface area contributed by atoms with Gasteiger partial charge in [-0.3, -0.25) is 15.0 Å². The normalized spacial score (nSPS) is 11.2. The van der Waals surface area contributed by atoms with Crippen LogP contribution in [0.15, 0.2) is 389 Å². The number of aromatic nitrogens is 4. The zero-order chi connectivity index (χ0) is 83.1. The third-order valence-corrected chi connectivity index (χ3v) is 27.5. The van der Waals surface area contributed by atoms with Gasteiger partial charge in [-0.2, -0.15) is 15.8 Å². The highest BCUT2D eigenvalue weighted by Crippen LogP contribution is 2.46. The van der Waals surface area contributed by atoms with Gasteiger partial charge in [-0.15, -0.1) is 45.3 Å². The molecule has 8 aromatic heterocycles. The van der Waals surface area contributed by atoms with Crippen LogP contribution in [0.3, 0.4) is 0 Å². The van der Waals surface area contributed by atoms with Crippen LogP contribution in [0.4, 0.5) is 5.69 Å². The van der Waals surface area contributed by atoms with Crippen molar-refractivity contribution in [1.82, 2.24) is 19.9 Å². The van der Waals surface area contributed by atoms with Gasteiger partial charge in [-0.05, 0) is 207 Å². The summed E-state index contributed by atoms with van der Waals surface area (Å²) in [4.78, 5) is 20.6. The highest BCUT2D eigenvalue weighted by Gasteiger charge is 2.18. The molecule has 8 nitrogen and oxygen atoms in total. The Kier molecular flexibility index (Phi) is 19.8. The predicted molar refractivity (Wildman–Crippen MR) is 522 cm³/mol. The van der Waals surface area contributed by atoms with E-state index < -0.39 is 0 Å². The zero-order valence-corrected chi connectivity index (χ0v) is 69.4. The molecule has 124 heavy (non-hydrogen) atoms. The van der Waals surface area contributed by atoms with Crippen molar-refractivity contribution in [2.75, 3.05) is 0 Å². The zero-order valence-electron chi connectivity index (χ0n) is 66.2. The third-order valence-electron chi connectivity index (χ3n) is 23.1. The van der Waals surface area contributed by atoms with Gasteiger partial charge in [0.2, 0.25) is 0 Å². The Morgan fingerprint density at radius 1 is 0.234 bits per heavy atom. The maximum absolute atomic E-state index is 9.12. The highest BCUT2D eigenvalue weighted by molar-refractivity contribution is 7.27. The molecule has 0 amide bonds. The van der Waals surface area contributed by atoms with Gasteiger partial charge in [0.1, 0.15) is 17.8 Å². The minimum atomic E-state index is 0.435. The number of hydrogen-bond acceptors (Lipinski definition) is 11. The first-order valence-corrected chi connectivity index (χ1v) is 43.7. The number of pyridine rings is 4. The summed E-state index contributed by atoms with van der Waals surface area (Å²) < 4.78 is 10.5. The molecule has 0 fully saturated rings. The van der Waals surface area contributed by atoms with E-state index in [9.17, 15) is 0 Å². The average Bonchev–Trinajstić information content (AvgIpc) is 1.61. The Morgan fingerprint density at radius 2 is 0.589 bits per heavy atom. The van der Waals surface area contributed by atoms with E-state index >= 15 is 0 Å². The van der Waals surface area contributed by atoms with Crippen LogP contribution in [0.1, 0.15) is 16.8 Å². The minimum Gasteiger partial charge on any atom is -0.263 e. The summed E-state index contributed by atoms with van der Waals surface area (Å²) in [6.45, 7) is 7.25. The quantitative estimate of drug-likeness (QED) is 0.139. The van der Waals surface area contributed by atoms with Crippen molar-refractivity contribution in [2.45, 2.75) is 0 Å². The lowest BCUT2D eigenvalue weighted by Crippen LogP contribution is -1.85. The van der Waals surface area contributed by atoms with Gasteiger partial charge in [0.05, 0.1) is 35.2 Å². The Balaban J connectivity index is 0.000000101. The molecule has 0 saturated heterocycles. The minimum absolute atomic E-state index is 0.435. The number of hydrogen-bond donors (Lipinski definition) is 0. The van der Waals surface area contributed by atoms with Crippen molar-refractivity contribution in [2.24, 2.45) is 0 Å². The van der Waals surface area contributed by atoms with E-state index in [1.165, 1.54) is 163 Å². The molecule has 24 rings (SSSR count). The maximum Gasteiger partial charge on any atom is 0.190 e. The van der Waals surface area contributed by atoms with E-state index in [2.05, 4.69) is 352 Å². The standard InChI is InChI=1S/4C28H16N2S/c1-29-22-13-14-30-25(17-22)21-7-4-6-19(15-21)20-9-11-24-27(16-20)31-26-12-10-18-5-2-3-8-23(18)28(24)26;29-15-18-13-23(17-30-16-18)20-7-5-19(6-8-20)22-9-11-25-27(14-22)31-26-12-10-21-3-1-2-4-24(21)28(25)26;29-17-18-13-14-30-25(15-18)21-7-5-19(6-8-21)22-9-11-24-27(16-22)31-26-12-10-20-3-1-2-4-23(20)28(24)26;29-17-23-15-22(13-14-30-23)19-7-5-18(6-8-19)21-9-11-25-27(16-21)31-26-12-10-20-3-1-2-4-24(20)28(25)26/h2-17H;1-14,16-17H;2*1-16H. The topological polar surface area (TPSA) is 127 Å². The highest BCUT2D eigenvalue weighted by atomic mass is 32.1. The van der Waals surface area contributed by atoms with Crippen molar-refractivity contribution >= 4 is 175 Å². The third kappa shape index (κ3) is 14.5. The maximum atomic E-state index is 9.12. The van der Waals surface area contributed by atoms with Gasteiger partial charge in [-0.25, -0.2) is 9.83 Å². The molecular formula is C112H64N8S4. The fourth-order valence-corrected chi connectivity index (χ4v) is 21.6. The van der Waals surface area contributed by atoms with Crippen LogP contribution in [0, 0.1) is 40.6 Å². The molecule has 0 radical (unpaired) electrons. The van der Waals surface area contributed by atoms with Gasteiger partial charge < -0.3 is 0 Å². The van der Waals surface area contributed by atoms with Gasteiger partial charge in [0, 0.05) is 123 Å². The second-order valence-corrected chi connectivity index (χ2v) is 34.7. The molecule has 0 N–H and O–H groups in total. The Labute approximate surface area is 729 Å². The van der Waals surface area contributed by atoms with E-state index in [0.717, 1.165) is 50.3 Å². The first-order valence-electron chi connectivity index (χ1n) is 40.4. The molecule has 24 aromatic rings. The van der Waals surface area contributed by atoms with Gasteiger partial charge in [0.25, 0.3) is 0 Å². The molecule has 16 aromatic carbocycles. The van der Waals surface area contributed by atoms with Crippen LogP contribution in [-0.4, -0.2) is 19.9 Å². The number of nitrogens with zero attached hydrogens (tertiary/aromatic N) is 8. The van der Waals surface area contributed by atoms with Crippen molar-refractivity contribution in [3.8, 4) is 107 Å². The predicted octanol–water partition coefficient (Wildman–Crippen LogP) is 31.9. The number of benzene rings is 16. The molecule has 0 saturated carbocycles. The average molecular weight is 1650 g/mol. The molecule has 576 valence electrons. The Bertz CT molecular complexity index is 7970. The number of nitriles is 3. The van der Waals surface area contributed by atoms with E-state index in [1.54, 1.807) is 43.1 Å². The van der Waals surface area contributed by atoms with Gasteiger partial charge in [-0.1, -0.05) is 261 Å². The van der Waals surface area contributed by atoms with Crippen LogP contribution in [0.25, 0.3) is 218 Å². The van der Waals surface area contributed by atoms with E-state index in [-0.39, 0.29) is 0 Å². The summed E-state index contributed by atoms with van der Waals surface area (Å²) in [5, 5.41) is 48.4. The fraction of sp³-hybridized carbons (Fsp3) is 0. The molecular weight excluding hydrogens is 1590 g/mol. The molecule has 0 aliphatic carbocycles. The summed E-state index contributed by atoms with van der Waals surface area (Å²) in [5.41, 5.74) is 19.5. The summed E-state index contributed by atoms with van der Waals surface area (Å²) in [6.07, 6.45) is 8.44. The molecule has 0 unspecified atom stereocenters. The van der Waals surface area contributed by atoms with E-state index in [1.807, 2.05) is 81.7 Å². The number of thiophene rings is 4. The monoisotopic (exact) mass is 1650 g/mol. The largest absolute Gasteiger partial charge is 0.263 e. The summed E-state index contributed by atoms with van der Waals surface area (Å²) in [6, 6.07) is 132. The molecule has 0 atom stereocenters. The van der Waals surface area contributed by atoms with Crippen LogP contribution in [0.2, 0.25) is 0 Å². The van der Waals surface area contributed by atoms with Crippen LogP contribution < -0.4 is 0 Å². The Morgan fingerprint density at radius 3 is 1.01 bits per heavy atom. The SMILES string of the molecule is N#Cc1cc(-c2ccc(-c3ccc4c(c3)sc3ccc5ccccc5c34)cc2)ccn1.N#Cc1ccnc(-c2ccc(-c3ccc4c(c3)sc3ccc5ccccc5c34)cc2)c1.N#Cc1cncc(-c2ccc(-c3ccc4c(c3)sc3ccc5ccccc5c34)cc2)c1.[C-]#[N+]c1ccnc(-c2cccc(-c3ccc4c(c3)sc3ccc5ccccc5c34)c2)c1. The van der Waals surface area contributed by atoms with Gasteiger partial charge in [0.15, 0.2) is 5.69 Å². The molecule has 12 heteroatoms. The first-order chi connectivity index (χ1) is 61.2. The van der Waals surface area contributed by atoms with Crippen LogP contribution >= 0.6 is 45.3 Å². The summed E-state index contributed by atoms with van der Waals surface area (Å²) in [5.74, 6) is 0. The van der Waals surface area contributed by atoms with E-state index in [4.69, 9.17) is 22.4 Å². The second kappa shape index (κ2) is 32.6. The van der Waals surface area contributed by atoms with Crippen molar-refractivity contribution in [3.63, 3.8) is 0 Å². The second-order valence-electron chi connectivity index (χ2n) is 30.4. The van der Waals surface area contributed by atoms with Crippen LogP contribution in [-0.2, 0) is 0 Å². The van der Waals surface area contributed by atoms with Crippen molar-refractivity contribution in [1.29, 1.82) is 15.8 Å². The number of rotatable bonds is 8. The fourth-order valence-electron chi connectivity index (χ4n) is 16.9. The first kappa shape index (κ1) is 75.5. The lowest BCUT2D eigenvalue weighted by Gasteiger charge is -2.06. The lowest BCUT2D eigenvalue weighted by molar-refractivity contribution is 1.26. The van der Waals surface area contributed by atoms with Gasteiger partial charge >= 0.3 is 0 Å². The van der Waals surface area contributed by atoms with E-state index in [0.29, 0.717) is 22.5 Å². The molecule has 0 spiro atoms. The molecule has 0 aliphatic heterocycles. The molecule has 0 bridgehead atoms. The smallest absolute Gasteiger partial charge is 0.190 e. The lowest BCUT2D eigenvalue weighted by atomic mass is 9.99. The van der Waals surface area contributed by atoms with Crippen molar-refractivity contribution in [3.05, 3.63) is 417 Å². The molecule has 8 heterocycles.